The Balaban J connectivity index is 3.10. The molecule has 0 amide bonds. The second-order valence-corrected chi connectivity index (χ2v) is 2.64. The third-order valence-electron chi connectivity index (χ3n) is 1.64. The molecule has 1 rings (SSSR count). The van der Waals surface area contributed by atoms with Crippen molar-refractivity contribution in [3.05, 3.63) is 17.0 Å². The zero-order valence-corrected chi connectivity index (χ0v) is 6.60. The van der Waals surface area contributed by atoms with Crippen LogP contribution in [0.3, 0.4) is 0 Å². The molecule has 1 heterocycles. The van der Waals surface area contributed by atoms with Gasteiger partial charge in [0.2, 0.25) is 0 Å². The van der Waals surface area contributed by atoms with E-state index in [1.807, 2.05) is 20.8 Å². The third kappa shape index (κ3) is 1.04. The van der Waals surface area contributed by atoms with E-state index >= 15 is 0 Å². The number of rotatable bonds is 1. The van der Waals surface area contributed by atoms with Crippen LogP contribution in [-0.4, -0.2) is 10.2 Å². The Labute approximate surface area is 60.6 Å². The lowest BCUT2D eigenvalue weighted by molar-refractivity contribution is 0.803. The molecule has 0 saturated heterocycles. The Hall–Kier alpha value is -0.830. The number of aromatic nitrogens is 2. The first-order chi connectivity index (χ1) is 4.63. The number of aromatic amines is 1. The van der Waals surface area contributed by atoms with Crippen LogP contribution in [0.4, 0.5) is 0 Å². The fourth-order valence-electron chi connectivity index (χ4n) is 1.23. The summed E-state index contributed by atoms with van der Waals surface area (Å²) in [5.74, 6) is 0. The highest BCUT2D eigenvalue weighted by molar-refractivity contribution is 5.25. The van der Waals surface area contributed by atoms with Gasteiger partial charge in [0.1, 0.15) is 0 Å². The maximum atomic E-state index is 5.70. The summed E-state index contributed by atoms with van der Waals surface area (Å²) in [4.78, 5) is 0. The van der Waals surface area contributed by atoms with Gasteiger partial charge in [-0.1, -0.05) is 0 Å². The third-order valence-corrected chi connectivity index (χ3v) is 1.64. The number of nitrogens with one attached hydrogen (secondary N) is 1. The van der Waals surface area contributed by atoms with E-state index in [0.717, 1.165) is 17.0 Å². The standard InChI is InChI=1S/C7H13N3/c1-4(8)7-5(2)9-10-6(7)3/h4H,8H2,1-3H3,(H,9,10)/t4-/m0/s1. The highest BCUT2D eigenvalue weighted by Gasteiger charge is 2.08. The van der Waals surface area contributed by atoms with Gasteiger partial charge in [-0.3, -0.25) is 5.10 Å². The summed E-state index contributed by atoms with van der Waals surface area (Å²) >= 11 is 0. The van der Waals surface area contributed by atoms with E-state index in [0.29, 0.717) is 0 Å². The van der Waals surface area contributed by atoms with Crippen LogP contribution in [0.25, 0.3) is 0 Å². The first-order valence-corrected chi connectivity index (χ1v) is 3.40. The molecule has 1 atom stereocenters. The van der Waals surface area contributed by atoms with Gasteiger partial charge in [-0.2, -0.15) is 5.10 Å². The van der Waals surface area contributed by atoms with E-state index in [1.54, 1.807) is 0 Å². The predicted octanol–water partition coefficient (Wildman–Crippen LogP) is 1.05. The van der Waals surface area contributed by atoms with Gasteiger partial charge in [-0.05, 0) is 20.8 Å². The molecule has 0 bridgehead atoms. The van der Waals surface area contributed by atoms with E-state index in [1.165, 1.54) is 0 Å². The molecule has 0 aromatic carbocycles. The predicted molar refractivity (Wildman–Crippen MR) is 40.7 cm³/mol. The first-order valence-electron chi connectivity index (χ1n) is 3.40. The van der Waals surface area contributed by atoms with Crippen LogP contribution in [0.1, 0.15) is 29.9 Å². The average Bonchev–Trinajstić information content (AvgIpc) is 2.11. The second-order valence-electron chi connectivity index (χ2n) is 2.64. The van der Waals surface area contributed by atoms with E-state index < -0.39 is 0 Å². The summed E-state index contributed by atoms with van der Waals surface area (Å²) in [6.45, 7) is 5.91. The largest absolute Gasteiger partial charge is 0.324 e. The molecule has 0 aliphatic heterocycles. The van der Waals surface area contributed by atoms with Crippen LogP contribution in [0, 0.1) is 13.8 Å². The fraction of sp³-hybridized carbons (Fsp3) is 0.571. The molecule has 0 aliphatic rings. The number of hydrogen-bond acceptors (Lipinski definition) is 2. The van der Waals surface area contributed by atoms with Crippen molar-refractivity contribution in [2.75, 3.05) is 0 Å². The molecule has 3 heteroatoms. The topological polar surface area (TPSA) is 54.7 Å². The van der Waals surface area contributed by atoms with E-state index in [9.17, 15) is 0 Å². The SMILES string of the molecule is Cc1n[nH]c(C)c1[C@H](C)N. The van der Waals surface area contributed by atoms with Crippen LogP contribution >= 0.6 is 0 Å². The molecule has 0 unspecified atom stereocenters. The minimum atomic E-state index is 0.0822. The summed E-state index contributed by atoms with van der Waals surface area (Å²) in [7, 11) is 0. The van der Waals surface area contributed by atoms with Crippen LogP contribution in [0.15, 0.2) is 0 Å². The number of H-pyrrole nitrogens is 1. The van der Waals surface area contributed by atoms with E-state index in [-0.39, 0.29) is 6.04 Å². The molecule has 0 aliphatic carbocycles. The second kappa shape index (κ2) is 2.42. The Morgan fingerprint density at radius 3 is 2.30 bits per heavy atom. The van der Waals surface area contributed by atoms with Crippen molar-refractivity contribution in [3.63, 3.8) is 0 Å². The summed E-state index contributed by atoms with van der Waals surface area (Å²) in [6, 6.07) is 0.0822. The molecule has 3 N–H and O–H groups in total. The number of nitrogens with zero attached hydrogens (tertiary/aromatic N) is 1. The lowest BCUT2D eigenvalue weighted by Crippen LogP contribution is -2.06. The van der Waals surface area contributed by atoms with Gasteiger partial charge >= 0.3 is 0 Å². The first kappa shape index (κ1) is 7.28. The minimum Gasteiger partial charge on any atom is -0.324 e. The Morgan fingerprint density at radius 1 is 1.50 bits per heavy atom. The van der Waals surface area contributed by atoms with Crippen molar-refractivity contribution in [3.8, 4) is 0 Å². The Kier molecular flexibility index (Phi) is 1.76. The van der Waals surface area contributed by atoms with Gasteiger partial charge in [-0.15, -0.1) is 0 Å². The van der Waals surface area contributed by atoms with Crippen molar-refractivity contribution in [1.82, 2.24) is 10.2 Å². The van der Waals surface area contributed by atoms with Crippen LogP contribution in [0.2, 0.25) is 0 Å². The molecular weight excluding hydrogens is 126 g/mol. The van der Waals surface area contributed by atoms with E-state index in [4.69, 9.17) is 5.73 Å². The summed E-state index contributed by atoms with van der Waals surface area (Å²) in [5.41, 5.74) is 8.92. The normalized spacial score (nSPS) is 13.6. The van der Waals surface area contributed by atoms with Crippen molar-refractivity contribution in [2.45, 2.75) is 26.8 Å². The molecule has 1 aromatic heterocycles. The number of nitrogens with two attached hydrogens (primary N) is 1. The summed E-state index contributed by atoms with van der Waals surface area (Å²) in [5, 5.41) is 6.92. The summed E-state index contributed by atoms with van der Waals surface area (Å²) in [6.07, 6.45) is 0. The smallest absolute Gasteiger partial charge is 0.0641 e. The quantitative estimate of drug-likeness (QED) is 0.611. The lowest BCUT2D eigenvalue weighted by atomic mass is 10.1. The Bertz CT molecular complexity index is 205. The molecule has 1 aromatic rings. The van der Waals surface area contributed by atoms with E-state index in [2.05, 4.69) is 10.2 Å². The molecule has 0 spiro atoms. The number of aryl methyl sites for hydroxylation is 2. The van der Waals surface area contributed by atoms with Gasteiger partial charge < -0.3 is 5.73 Å². The molecule has 10 heavy (non-hydrogen) atoms. The minimum absolute atomic E-state index is 0.0822. The lowest BCUT2D eigenvalue weighted by Gasteiger charge is -2.03. The molecule has 56 valence electrons. The van der Waals surface area contributed by atoms with Crippen molar-refractivity contribution >= 4 is 0 Å². The average molecular weight is 139 g/mol. The van der Waals surface area contributed by atoms with Gasteiger partial charge in [0.25, 0.3) is 0 Å². The maximum absolute atomic E-state index is 5.70. The molecular formula is C7H13N3. The van der Waals surface area contributed by atoms with Gasteiger partial charge in [-0.25, -0.2) is 0 Å². The van der Waals surface area contributed by atoms with Crippen LogP contribution < -0.4 is 5.73 Å². The zero-order valence-electron chi connectivity index (χ0n) is 6.60. The monoisotopic (exact) mass is 139 g/mol. The maximum Gasteiger partial charge on any atom is 0.0641 e. The van der Waals surface area contributed by atoms with Crippen LogP contribution in [0.5, 0.6) is 0 Å². The molecule has 3 nitrogen and oxygen atoms in total. The molecule has 0 fully saturated rings. The Morgan fingerprint density at radius 2 is 2.10 bits per heavy atom. The van der Waals surface area contributed by atoms with Crippen LogP contribution in [-0.2, 0) is 0 Å². The molecule has 0 saturated carbocycles. The van der Waals surface area contributed by atoms with Gasteiger partial charge in [0.05, 0.1) is 5.69 Å². The van der Waals surface area contributed by atoms with Gasteiger partial charge in [0.15, 0.2) is 0 Å². The zero-order chi connectivity index (χ0) is 7.72. The summed E-state index contributed by atoms with van der Waals surface area (Å²) < 4.78 is 0. The number of hydrogen-bond donors (Lipinski definition) is 2. The fourth-order valence-corrected chi connectivity index (χ4v) is 1.23. The molecule has 0 radical (unpaired) electrons. The van der Waals surface area contributed by atoms with Crippen molar-refractivity contribution in [2.24, 2.45) is 5.73 Å². The van der Waals surface area contributed by atoms with Crippen molar-refractivity contribution in [1.29, 1.82) is 0 Å². The van der Waals surface area contributed by atoms with Crippen molar-refractivity contribution < 1.29 is 0 Å². The highest BCUT2D eigenvalue weighted by atomic mass is 15.1. The highest BCUT2D eigenvalue weighted by Crippen LogP contribution is 2.15. The van der Waals surface area contributed by atoms with Gasteiger partial charge in [0, 0.05) is 17.3 Å².